The number of aldehydes is 1. The fourth-order valence-corrected chi connectivity index (χ4v) is 4.33. The van der Waals surface area contributed by atoms with Crippen molar-refractivity contribution in [3.05, 3.63) is 28.8 Å². The number of nitrogens with one attached hydrogen (secondary N) is 3. The van der Waals surface area contributed by atoms with E-state index in [0.717, 1.165) is 0 Å². The standard InChI is InChI=1S/C24H33ClN4O7/c1-13(31)26-16-8-5-7-15(19(16)25)21(34)28-20(24(2,3)4)23(36)29-10-6-9-17(29)22(35)27-14(12-30)11-18(32)33/h5,7-8,12,14,17,20-21,28,34H,6,9-11H2,1-4H3,(H,26,31)(H,27,35)(H,32,33)/t14-,17-,20+,21?/m0/s1. The first kappa shape index (κ1) is 29.2. The molecule has 0 aliphatic carbocycles. The van der Waals surface area contributed by atoms with Gasteiger partial charge in [0.05, 0.1) is 29.2 Å². The summed E-state index contributed by atoms with van der Waals surface area (Å²) in [6.45, 7) is 7.00. The Kier molecular flexibility index (Phi) is 9.97. The van der Waals surface area contributed by atoms with Crippen molar-refractivity contribution in [2.24, 2.45) is 5.41 Å². The van der Waals surface area contributed by atoms with Gasteiger partial charge in [0.2, 0.25) is 17.7 Å². The maximum atomic E-state index is 13.6. The van der Waals surface area contributed by atoms with Crippen molar-refractivity contribution >= 4 is 47.3 Å². The first-order valence-electron chi connectivity index (χ1n) is 11.5. The van der Waals surface area contributed by atoms with Gasteiger partial charge in [0.1, 0.15) is 18.6 Å². The van der Waals surface area contributed by atoms with Crippen LogP contribution in [0.3, 0.4) is 0 Å². The lowest BCUT2D eigenvalue weighted by Gasteiger charge is -2.37. The van der Waals surface area contributed by atoms with E-state index in [1.807, 2.05) is 0 Å². The van der Waals surface area contributed by atoms with Crippen LogP contribution in [0.1, 0.15) is 58.7 Å². The molecule has 0 radical (unpaired) electrons. The van der Waals surface area contributed by atoms with E-state index in [4.69, 9.17) is 16.7 Å². The Balaban J connectivity index is 2.25. The van der Waals surface area contributed by atoms with Crippen LogP contribution in [0.5, 0.6) is 0 Å². The van der Waals surface area contributed by atoms with Crippen LogP contribution in [0.2, 0.25) is 5.02 Å². The predicted octanol–water partition coefficient (Wildman–Crippen LogP) is 1.44. The van der Waals surface area contributed by atoms with Crippen LogP contribution in [-0.2, 0) is 24.0 Å². The van der Waals surface area contributed by atoms with Gasteiger partial charge in [-0.15, -0.1) is 0 Å². The first-order valence-corrected chi connectivity index (χ1v) is 11.9. The molecule has 1 saturated heterocycles. The number of aliphatic carboxylic acids is 1. The van der Waals surface area contributed by atoms with Crippen molar-refractivity contribution < 1.29 is 34.2 Å². The van der Waals surface area contributed by atoms with Crippen LogP contribution < -0.4 is 16.0 Å². The summed E-state index contributed by atoms with van der Waals surface area (Å²) in [6, 6.07) is 1.71. The smallest absolute Gasteiger partial charge is 0.305 e. The molecule has 3 amide bonds. The van der Waals surface area contributed by atoms with Gasteiger partial charge in [-0.25, -0.2) is 0 Å². The zero-order chi connectivity index (χ0) is 27.2. The van der Waals surface area contributed by atoms with Crippen LogP contribution >= 0.6 is 11.6 Å². The molecule has 36 heavy (non-hydrogen) atoms. The highest BCUT2D eigenvalue weighted by Gasteiger charge is 2.42. The van der Waals surface area contributed by atoms with Crippen molar-refractivity contribution in [1.82, 2.24) is 15.5 Å². The molecule has 2 rings (SSSR count). The van der Waals surface area contributed by atoms with Crippen LogP contribution in [0.4, 0.5) is 5.69 Å². The minimum atomic E-state index is -1.37. The van der Waals surface area contributed by atoms with Gasteiger partial charge in [-0.2, -0.15) is 0 Å². The molecule has 1 aliphatic heterocycles. The number of carbonyl (C=O) groups excluding carboxylic acids is 4. The predicted molar refractivity (Wildman–Crippen MR) is 132 cm³/mol. The third-order valence-corrected chi connectivity index (χ3v) is 6.22. The number of benzene rings is 1. The monoisotopic (exact) mass is 524 g/mol. The van der Waals surface area contributed by atoms with Crippen molar-refractivity contribution in [2.75, 3.05) is 11.9 Å². The summed E-state index contributed by atoms with van der Waals surface area (Å²) in [5.41, 5.74) is -0.135. The number of aliphatic hydroxyl groups excluding tert-OH is 1. The number of aliphatic hydroxyl groups is 1. The molecule has 0 aromatic heterocycles. The molecule has 1 unspecified atom stereocenters. The number of hydrogen-bond acceptors (Lipinski definition) is 7. The van der Waals surface area contributed by atoms with E-state index in [9.17, 15) is 29.1 Å². The Morgan fingerprint density at radius 2 is 1.92 bits per heavy atom. The third-order valence-electron chi connectivity index (χ3n) is 5.80. The molecule has 1 aliphatic rings. The molecule has 4 atom stereocenters. The zero-order valence-corrected chi connectivity index (χ0v) is 21.5. The second kappa shape index (κ2) is 12.3. The quantitative estimate of drug-likeness (QED) is 0.226. The SMILES string of the molecule is CC(=O)Nc1cccc(C(O)N[C@H](C(=O)N2CCC[C@H]2C(=O)N[C@H](C=O)CC(=O)O)C(C)(C)C)c1Cl. The summed E-state index contributed by atoms with van der Waals surface area (Å²) in [5, 5.41) is 27.9. The summed E-state index contributed by atoms with van der Waals surface area (Å²) >= 11 is 6.38. The van der Waals surface area contributed by atoms with Crippen LogP contribution in [0.15, 0.2) is 18.2 Å². The van der Waals surface area contributed by atoms with E-state index in [1.165, 1.54) is 11.8 Å². The largest absolute Gasteiger partial charge is 0.481 e. The average molecular weight is 525 g/mol. The number of amides is 3. The van der Waals surface area contributed by atoms with E-state index < -0.39 is 54.0 Å². The third kappa shape index (κ3) is 7.49. The summed E-state index contributed by atoms with van der Waals surface area (Å²) < 4.78 is 0. The number of rotatable bonds is 10. The molecular weight excluding hydrogens is 492 g/mol. The van der Waals surface area contributed by atoms with Gasteiger partial charge >= 0.3 is 5.97 Å². The zero-order valence-electron chi connectivity index (χ0n) is 20.7. The molecule has 0 spiro atoms. The number of carbonyl (C=O) groups is 5. The Morgan fingerprint density at radius 1 is 1.25 bits per heavy atom. The fourth-order valence-electron chi connectivity index (χ4n) is 4.06. The second-order valence-electron chi connectivity index (χ2n) is 9.80. The number of carboxylic acid groups (broad SMARTS) is 1. The molecule has 1 fully saturated rings. The summed E-state index contributed by atoms with van der Waals surface area (Å²) in [5.74, 6) is -2.62. The van der Waals surface area contributed by atoms with Gasteiger partial charge in [0.25, 0.3) is 0 Å². The lowest BCUT2D eigenvalue weighted by atomic mass is 9.85. The van der Waals surface area contributed by atoms with Gasteiger partial charge < -0.3 is 30.5 Å². The van der Waals surface area contributed by atoms with Gasteiger partial charge in [-0.1, -0.05) is 44.5 Å². The van der Waals surface area contributed by atoms with Gasteiger partial charge in [-0.05, 0) is 24.3 Å². The Labute approximate surface area is 214 Å². The van der Waals surface area contributed by atoms with Crippen LogP contribution in [-0.4, -0.2) is 69.8 Å². The Bertz CT molecular complexity index is 1010. The normalized spacial score (nSPS) is 18.2. The number of hydrogen-bond donors (Lipinski definition) is 5. The van der Waals surface area contributed by atoms with E-state index in [0.29, 0.717) is 24.8 Å². The summed E-state index contributed by atoms with van der Waals surface area (Å²) in [7, 11) is 0. The van der Waals surface area contributed by atoms with Crippen molar-refractivity contribution in [3.8, 4) is 0 Å². The Hall–Kier alpha value is -3.02. The highest BCUT2D eigenvalue weighted by Crippen LogP contribution is 2.32. The van der Waals surface area contributed by atoms with Gasteiger partial charge in [0, 0.05) is 19.0 Å². The van der Waals surface area contributed by atoms with Crippen LogP contribution in [0.25, 0.3) is 0 Å². The molecule has 1 heterocycles. The number of anilines is 1. The second-order valence-corrected chi connectivity index (χ2v) is 10.2. The lowest BCUT2D eigenvalue weighted by Crippen LogP contribution is -2.57. The van der Waals surface area contributed by atoms with Gasteiger partial charge in [0.15, 0.2) is 0 Å². The molecule has 12 heteroatoms. The number of nitrogens with zero attached hydrogens (tertiary/aromatic N) is 1. The molecule has 5 N–H and O–H groups in total. The molecule has 1 aromatic carbocycles. The van der Waals surface area contributed by atoms with Crippen LogP contribution in [0, 0.1) is 5.41 Å². The minimum absolute atomic E-state index is 0.115. The molecule has 11 nitrogen and oxygen atoms in total. The fraction of sp³-hybridized carbons (Fsp3) is 0.542. The van der Waals surface area contributed by atoms with Crippen molar-refractivity contribution in [1.29, 1.82) is 0 Å². The topological polar surface area (TPSA) is 165 Å². The first-order chi connectivity index (χ1) is 16.8. The maximum Gasteiger partial charge on any atom is 0.305 e. The Morgan fingerprint density at radius 3 is 2.47 bits per heavy atom. The molecule has 1 aromatic rings. The molecule has 0 saturated carbocycles. The lowest BCUT2D eigenvalue weighted by molar-refractivity contribution is -0.144. The summed E-state index contributed by atoms with van der Waals surface area (Å²) in [6.07, 6.45) is -0.697. The van der Waals surface area contributed by atoms with E-state index >= 15 is 0 Å². The van der Waals surface area contributed by atoms with Crippen molar-refractivity contribution in [2.45, 2.75) is 71.3 Å². The number of halogens is 1. The number of likely N-dealkylation sites (tertiary alicyclic amines) is 1. The van der Waals surface area contributed by atoms with E-state index in [1.54, 1.807) is 39.0 Å². The van der Waals surface area contributed by atoms with E-state index in [2.05, 4.69) is 16.0 Å². The summed E-state index contributed by atoms with van der Waals surface area (Å²) in [4.78, 5) is 61.4. The minimum Gasteiger partial charge on any atom is -0.481 e. The van der Waals surface area contributed by atoms with E-state index in [-0.39, 0.29) is 23.0 Å². The molecule has 198 valence electrons. The highest BCUT2D eigenvalue weighted by atomic mass is 35.5. The molecular formula is C24H33ClN4O7. The number of carboxylic acids is 1. The maximum absolute atomic E-state index is 13.6. The van der Waals surface area contributed by atoms with Crippen molar-refractivity contribution in [3.63, 3.8) is 0 Å². The average Bonchev–Trinajstić information content (AvgIpc) is 3.26. The molecule has 0 bridgehead atoms. The van der Waals surface area contributed by atoms with Gasteiger partial charge in [-0.3, -0.25) is 24.5 Å². The highest BCUT2D eigenvalue weighted by molar-refractivity contribution is 6.34.